The number of carbonyl (C=O) groups excluding carboxylic acids is 2. The first kappa shape index (κ1) is 18.2. The Morgan fingerprint density at radius 3 is 2.42 bits per heavy atom. The van der Waals surface area contributed by atoms with Crippen molar-refractivity contribution >= 4 is 35.0 Å². The Bertz CT molecular complexity index is 765. The molecule has 4 nitrogen and oxygen atoms in total. The second-order valence-corrected chi connectivity index (χ2v) is 5.32. The minimum atomic E-state index is -3.09. The molecule has 0 bridgehead atoms. The standard InChI is InChI=1S/C16H10Cl2F2O4/c17-11-6-5-9(7-12(11)18)13(21)8-23-15(22)10-3-1-2-4-14(10)24-16(19)20/h1-7,16H,8H2. The van der Waals surface area contributed by atoms with Crippen molar-refractivity contribution in [3.63, 3.8) is 0 Å². The van der Waals surface area contributed by atoms with Gasteiger partial charge in [-0.2, -0.15) is 8.78 Å². The number of esters is 1. The van der Waals surface area contributed by atoms with E-state index in [0.717, 1.165) is 0 Å². The fourth-order valence-corrected chi connectivity index (χ4v) is 2.09. The van der Waals surface area contributed by atoms with Crippen LogP contribution in [0.25, 0.3) is 0 Å². The van der Waals surface area contributed by atoms with E-state index in [0.29, 0.717) is 0 Å². The van der Waals surface area contributed by atoms with Crippen LogP contribution in [-0.4, -0.2) is 25.0 Å². The number of ether oxygens (including phenoxy) is 2. The first-order chi connectivity index (χ1) is 11.4. The van der Waals surface area contributed by atoms with E-state index >= 15 is 0 Å². The third-order valence-electron chi connectivity index (χ3n) is 2.90. The van der Waals surface area contributed by atoms with Crippen LogP contribution < -0.4 is 4.74 Å². The molecular weight excluding hydrogens is 365 g/mol. The van der Waals surface area contributed by atoms with E-state index in [1.54, 1.807) is 0 Å². The average Bonchev–Trinajstić information content (AvgIpc) is 2.54. The number of Topliss-reactive ketones (excluding diaryl/α,β-unsaturated/α-hetero) is 1. The molecule has 24 heavy (non-hydrogen) atoms. The van der Waals surface area contributed by atoms with Gasteiger partial charge in [-0.3, -0.25) is 4.79 Å². The molecule has 2 aromatic carbocycles. The third kappa shape index (κ3) is 4.66. The molecule has 0 N–H and O–H groups in total. The van der Waals surface area contributed by atoms with Gasteiger partial charge in [-0.15, -0.1) is 0 Å². The van der Waals surface area contributed by atoms with Crippen molar-refractivity contribution in [2.75, 3.05) is 6.61 Å². The molecule has 0 saturated heterocycles. The van der Waals surface area contributed by atoms with E-state index in [4.69, 9.17) is 27.9 Å². The van der Waals surface area contributed by atoms with E-state index in [1.807, 2.05) is 0 Å². The molecule has 0 aromatic heterocycles. The topological polar surface area (TPSA) is 52.6 Å². The highest BCUT2D eigenvalue weighted by Crippen LogP contribution is 2.23. The van der Waals surface area contributed by atoms with Crippen LogP contribution >= 0.6 is 23.2 Å². The van der Waals surface area contributed by atoms with E-state index < -0.39 is 25.0 Å². The molecule has 0 aliphatic carbocycles. The monoisotopic (exact) mass is 374 g/mol. The Kier molecular flexibility index (Phi) is 6.11. The highest BCUT2D eigenvalue weighted by Gasteiger charge is 2.18. The molecule has 0 aliphatic rings. The van der Waals surface area contributed by atoms with E-state index in [2.05, 4.69) is 4.74 Å². The molecule has 2 aromatic rings. The molecule has 0 saturated carbocycles. The number of carbonyl (C=O) groups is 2. The summed E-state index contributed by atoms with van der Waals surface area (Å²) < 4.78 is 33.7. The Labute approximate surface area is 145 Å². The van der Waals surface area contributed by atoms with Crippen molar-refractivity contribution in [1.82, 2.24) is 0 Å². The molecule has 126 valence electrons. The zero-order chi connectivity index (χ0) is 17.7. The van der Waals surface area contributed by atoms with Crippen molar-refractivity contribution in [2.24, 2.45) is 0 Å². The maximum Gasteiger partial charge on any atom is 0.387 e. The highest BCUT2D eigenvalue weighted by atomic mass is 35.5. The van der Waals surface area contributed by atoms with Crippen LogP contribution in [0, 0.1) is 0 Å². The van der Waals surface area contributed by atoms with Crippen LogP contribution in [0.1, 0.15) is 20.7 Å². The fourth-order valence-electron chi connectivity index (χ4n) is 1.80. The smallest absolute Gasteiger partial charge is 0.387 e. The predicted molar refractivity (Wildman–Crippen MR) is 84.1 cm³/mol. The molecule has 2 rings (SSSR count). The number of ketones is 1. The van der Waals surface area contributed by atoms with Crippen molar-refractivity contribution in [3.05, 3.63) is 63.6 Å². The number of hydrogen-bond acceptors (Lipinski definition) is 4. The van der Waals surface area contributed by atoms with Crippen LogP contribution in [0.3, 0.4) is 0 Å². The van der Waals surface area contributed by atoms with Gasteiger partial charge in [0.2, 0.25) is 0 Å². The lowest BCUT2D eigenvalue weighted by Gasteiger charge is -2.10. The minimum Gasteiger partial charge on any atom is -0.454 e. The van der Waals surface area contributed by atoms with Crippen LogP contribution in [0.4, 0.5) is 8.78 Å². The van der Waals surface area contributed by atoms with Gasteiger partial charge in [-0.05, 0) is 30.3 Å². The van der Waals surface area contributed by atoms with Gasteiger partial charge in [0.1, 0.15) is 11.3 Å². The quantitative estimate of drug-likeness (QED) is 0.546. The number of hydrogen-bond donors (Lipinski definition) is 0. The van der Waals surface area contributed by atoms with Crippen molar-refractivity contribution in [3.8, 4) is 5.75 Å². The lowest BCUT2D eigenvalue weighted by atomic mass is 10.1. The normalized spacial score (nSPS) is 10.5. The number of rotatable bonds is 6. The molecule has 0 unspecified atom stereocenters. The summed E-state index contributed by atoms with van der Waals surface area (Å²) in [5.74, 6) is -1.81. The minimum absolute atomic E-state index is 0.185. The Hall–Kier alpha value is -2.18. The van der Waals surface area contributed by atoms with Gasteiger partial charge >= 0.3 is 12.6 Å². The van der Waals surface area contributed by atoms with Crippen molar-refractivity contribution in [1.29, 1.82) is 0 Å². The Morgan fingerprint density at radius 1 is 1.04 bits per heavy atom. The van der Waals surface area contributed by atoms with Gasteiger partial charge in [-0.25, -0.2) is 4.79 Å². The number of para-hydroxylation sites is 1. The summed E-state index contributed by atoms with van der Waals surface area (Å²) in [5.41, 5.74) is -0.00551. The summed E-state index contributed by atoms with van der Waals surface area (Å²) in [6.45, 7) is -3.67. The summed E-state index contributed by atoms with van der Waals surface area (Å²) >= 11 is 11.6. The van der Waals surface area contributed by atoms with Crippen LogP contribution in [-0.2, 0) is 4.74 Å². The molecule has 0 fully saturated rings. The molecular formula is C16H10Cl2F2O4. The molecule has 0 aliphatic heterocycles. The van der Waals surface area contributed by atoms with Crippen molar-refractivity contribution < 1.29 is 27.8 Å². The number of benzene rings is 2. The van der Waals surface area contributed by atoms with Crippen LogP contribution in [0.2, 0.25) is 10.0 Å². The van der Waals surface area contributed by atoms with Gasteiger partial charge in [0.25, 0.3) is 0 Å². The van der Waals surface area contributed by atoms with Gasteiger partial charge < -0.3 is 9.47 Å². The Morgan fingerprint density at radius 2 is 1.75 bits per heavy atom. The summed E-state index contributed by atoms with van der Waals surface area (Å²) in [6.07, 6.45) is 0. The van der Waals surface area contributed by atoms with E-state index in [1.165, 1.54) is 42.5 Å². The summed E-state index contributed by atoms with van der Waals surface area (Å²) in [4.78, 5) is 23.9. The second kappa shape index (κ2) is 8.08. The lowest BCUT2D eigenvalue weighted by molar-refractivity contribution is -0.0504. The average molecular weight is 375 g/mol. The number of halogens is 4. The van der Waals surface area contributed by atoms with Gasteiger partial charge in [0.15, 0.2) is 12.4 Å². The molecule has 0 radical (unpaired) electrons. The second-order valence-electron chi connectivity index (χ2n) is 4.50. The highest BCUT2D eigenvalue weighted by molar-refractivity contribution is 6.42. The SMILES string of the molecule is O=C(COC(=O)c1ccccc1OC(F)F)c1ccc(Cl)c(Cl)c1. The molecule has 0 heterocycles. The lowest BCUT2D eigenvalue weighted by Crippen LogP contribution is -2.16. The molecule has 0 atom stereocenters. The summed E-state index contributed by atoms with van der Waals surface area (Å²) in [6, 6.07) is 9.54. The maximum absolute atomic E-state index is 12.3. The van der Waals surface area contributed by atoms with Crippen LogP contribution in [0.15, 0.2) is 42.5 Å². The first-order valence-corrected chi connectivity index (χ1v) is 7.33. The summed E-state index contributed by atoms with van der Waals surface area (Å²) in [5, 5.41) is 0.466. The summed E-state index contributed by atoms with van der Waals surface area (Å²) in [7, 11) is 0. The predicted octanol–water partition coefficient (Wildman–Crippen LogP) is 4.63. The van der Waals surface area contributed by atoms with Crippen LogP contribution in [0.5, 0.6) is 5.75 Å². The molecule has 8 heteroatoms. The first-order valence-electron chi connectivity index (χ1n) is 6.57. The van der Waals surface area contributed by atoms with Gasteiger partial charge in [-0.1, -0.05) is 35.3 Å². The van der Waals surface area contributed by atoms with E-state index in [9.17, 15) is 18.4 Å². The third-order valence-corrected chi connectivity index (χ3v) is 3.64. The Balaban J connectivity index is 2.05. The zero-order valence-corrected chi connectivity index (χ0v) is 13.5. The van der Waals surface area contributed by atoms with Gasteiger partial charge in [0, 0.05) is 5.56 Å². The molecule has 0 spiro atoms. The van der Waals surface area contributed by atoms with E-state index in [-0.39, 0.29) is 26.9 Å². The molecule has 0 amide bonds. The maximum atomic E-state index is 12.3. The van der Waals surface area contributed by atoms with Gasteiger partial charge in [0.05, 0.1) is 10.0 Å². The number of alkyl halides is 2. The fraction of sp³-hybridized carbons (Fsp3) is 0.125. The largest absolute Gasteiger partial charge is 0.454 e. The van der Waals surface area contributed by atoms with Crippen molar-refractivity contribution in [2.45, 2.75) is 6.61 Å². The zero-order valence-electron chi connectivity index (χ0n) is 12.0.